The van der Waals surface area contributed by atoms with E-state index in [0.29, 0.717) is 42.9 Å². The third kappa shape index (κ3) is 6.48. The minimum atomic E-state index is -0.848. The number of benzene rings is 3. The molecule has 2 amide bonds. The fourth-order valence-corrected chi connectivity index (χ4v) is 5.14. The van der Waals surface area contributed by atoms with Crippen molar-refractivity contribution in [1.82, 2.24) is 25.2 Å². The van der Waals surface area contributed by atoms with Crippen LogP contribution in [0.25, 0.3) is 11.0 Å². The van der Waals surface area contributed by atoms with Crippen LogP contribution in [0.5, 0.6) is 5.75 Å². The first-order valence-corrected chi connectivity index (χ1v) is 13.7. The maximum absolute atomic E-state index is 14.1. The fourth-order valence-electron chi connectivity index (χ4n) is 5.14. The van der Waals surface area contributed by atoms with Crippen molar-refractivity contribution >= 4 is 22.8 Å². The molecule has 208 valence electrons. The number of fused-ring (bicyclic) bond motifs is 1. The van der Waals surface area contributed by atoms with E-state index in [1.807, 2.05) is 73.7 Å². The van der Waals surface area contributed by atoms with Gasteiger partial charge in [-0.3, -0.25) is 9.59 Å². The van der Waals surface area contributed by atoms with Crippen LogP contribution in [0.3, 0.4) is 0 Å². The van der Waals surface area contributed by atoms with Gasteiger partial charge in [0.25, 0.3) is 0 Å². The molecule has 2 heterocycles. The molecule has 4 aromatic rings. The Bertz CT molecular complexity index is 1450. The summed E-state index contributed by atoms with van der Waals surface area (Å²) in [5.41, 5.74) is 4.41. The molecule has 0 saturated carbocycles. The lowest BCUT2D eigenvalue weighted by atomic mass is 10.0. The van der Waals surface area contributed by atoms with Crippen LogP contribution >= 0.6 is 0 Å². The minimum absolute atomic E-state index is 0.0153. The number of carbonyl (C=O) groups is 2. The molecule has 1 fully saturated rings. The summed E-state index contributed by atoms with van der Waals surface area (Å²) in [5, 5.41) is 11.5. The summed E-state index contributed by atoms with van der Waals surface area (Å²) in [4.78, 5) is 29.6. The van der Waals surface area contributed by atoms with Crippen molar-refractivity contribution in [2.75, 3.05) is 26.8 Å². The summed E-state index contributed by atoms with van der Waals surface area (Å²) in [6.45, 7) is 3.45. The molecule has 3 aromatic carbocycles. The molecule has 1 saturated heterocycles. The number of carbonyl (C=O) groups excluding carboxylic acids is 2. The summed E-state index contributed by atoms with van der Waals surface area (Å²) >= 11 is 0. The highest BCUT2D eigenvalue weighted by atomic mass is 16.5. The predicted molar refractivity (Wildman–Crippen MR) is 152 cm³/mol. The second-order valence-electron chi connectivity index (χ2n) is 10.1. The Morgan fingerprint density at radius 1 is 1.12 bits per heavy atom. The molecule has 0 unspecified atom stereocenters. The van der Waals surface area contributed by atoms with Gasteiger partial charge in [-0.15, -0.1) is 5.10 Å². The molecule has 1 N–H and O–H groups in total. The first kappa shape index (κ1) is 27.3. The van der Waals surface area contributed by atoms with Gasteiger partial charge in [-0.2, -0.15) is 0 Å². The number of amides is 2. The molecule has 9 nitrogen and oxygen atoms in total. The molecule has 0 bridgehead atoms. The zero-order chi connectivity index (χ0) is 27.9. The van der Waals surface area contributed by atoms with Crippen LogP contribution in [-0.4, -0.2) is 64.6 Å². The van der Waals surface area contributed by atoms with E-state index in [1.165, 1.54) is 0 Å². The number of nitrogens with one attached hydrogen (secondary N) is 1. The highest BCUT2D eigenvalue weighted by Crippen LogP contribution is 2.26. The molecular weight excluding hydrogens is 506 g/mol. The third-order valence-electron chi connectivity index (χ3n) is 7.27. The monoisotopic (exact) mass is 541 g/mol. The SMILES string of the molecule is COc1ccc([C@@H](C(=O)NC[C@@H]2CCCO2)N(CCc2cccc(C)c2)C(=O)Cn2nnc3ccccc32)cc1. The van der Waals surface area contributed by atoms with Gasteiger partial charge in [0.15, 0.2) is 0 Å². The summed E-state index contributed by atoms with van der Waals surface area (Å²) in [6.07, 6.45) is 2.47. The van der Waals surface area contributed by atoms with Gasteiger partial charge in [0.1, 0.15) is 23.9 Å². The smallest absolute Gasteiger partial charge is 0.247 e. The average Bonchev–Trinajstić information content (AvgIpc) is 3.64. The average molecular weight is 542 g/mol. The van der Waals surface area contributed by atoms with E-state index in [-0.39, 0.29) is 24.5 Å². The number of hydrogen-bond acceptors (Lipinski definition) is 6. The maximum Gasteiger partial charge on any atom is 0.247 e. The van der Waals surface area contributed by atoms with Crippen molar-refractivity contribution in [2.45, 2.75) is 44.9 Å². The van der Waals surface area contributed by atoms with Gasteiger partial charge in [0.2, 0.25) is 11.8 Å². The number of nitrogens with zero attached hydrogens (tertiary/aromatic N) is 4. The number of methoxy groups -OCH3 is 1. The maximum atomic E-state index is 14.1. The van der Waals surface area contributed by atoms with Crippen LogP contribution in [0.4, 0.5) is 0 Å². The standard InChI is InChI=1S/C31H35N5O4/c1-22-7-5-8-23(19-22)16-17-35(29(37)21-36-28-11-4-3-10-27(28)33-34-36)30(24-12-14-25(39-2)15-13-24)31(38)32-20-26-9-6-18-40-26/h3-5,7-8,10-15,19,26,30H,6,9,16-18,20-21H2,1-2H3,(H,32,38)/t26-,30-/m0/s1. The second-order valence-corrected chi connectivity index (χ2v) is 10.1. The van der Waals surface area contributed by atoms with Crippen LogP contribution in [0.15, 0.2) is 72.8 Å². The third-order valence-corrected chi connectivity index (χ3v) is 7.27. The van der Waals surface area contributed by atoms with Crippen molar-refractivity contribution in [3.63, 3.8) is 0 Å². The zero-order valence-electron chi connectivity index (χ0n) is 23.0. The zero-order valence-corrected chi connectivity index (χ0v) is 23.0. The van der Waals surface area contributed by atoms with Crippen LogP contribution < -0.4 is 10.1 Å². The lowest BCUT2D eigenvalue weighted by Gasteiger charge is -2.32. The van der Waals surface area contributed by atoms with E-state index in [1.54, 1.807) is 16.7 Å². The summed E-state index contributed by atoms with van der Waals surface area (Å²) < 4.78 is 12.7. The number of ether oxygens (including phenoxy) is 2. The molecule has 0 spiro atoms. The van der Waals surface area contributed by atoms with Gasteiger partial charge < -0.3 is 19.7 Å². The molecule has 40 heavy (non-hydrogen) atoms. The summed E-state index contributed by atoms with van der Waals surface area (Å²) in [7, 11) is 1.60. The topological polar surface area (TPSA) is 98.6 Å². The van der Waals surface area contributed by atoms with Crippen LogP contribution in [0.1, 0.15) is 35.6 Å². The number of rotatable bonds is 11. The van der Waals surface area contributed by atoms with Gasteiger partial charge in [-0.1, -0.05) is 59.3 Å². The van der Waals surface area contributed by atoms with Crippen LogP contribution in [0, 0.1) is 6.92 Å². The molecule has 1 aliphatic heterocycles. The van der Waals surface area contributed by atoms with E-state index in [9.17, 15) is 9.59 Å². The molecule has 1 aromatic heterocycles. The number of aromatic nitrogens is 3. The number of para-hydroxylation sites is 1. The number of hydrogen-bond donors (Lipinski definition) is 1. The first-order chi connectivity index (χ1) is 19.5. The normalized spacial score (nSPS) is 15.6. The van der Waals surface area contributed by atoms with E-state index in [2.05, 4.69) is 21.7 Å². The second kappa shape index (κ2) is 12.7. The van der Waals surface area contributed by atoms with Crippen molar-refractivity contribution < 1.29 is 19.1 Å². The Kier molecular flexibility index (Phi) is 8.71. The Hall–Kier alpha value is -4.24. The van der Waals surface area contributed by atoms with Crippen molar-refractivity contribution in [1.29, 1.82) is 0 Å². The molecule has 1 aliphatic rings. The van der Waals surface area contributed by atoms with Crippen molar-refractivity contribution in [3.05, 3.63) is 89.5 Å². The van der Waals surface area contributed by atoms with E-state index in [4.69, 9.17) is 9.47 Å². The van der Waals surface area contributed by atoms with Gasteiger partial charge in [-0.05, 0) is 61.6 Å². The lowest BCUT2D eigenvalue weighted by molar-refractivity contribution is -0.141. The van der Waals surface area contributed by atoms with Crippen LogP contribution in [-0.2, 0) is 27.3 Å². The van der Waals surface area contributed by atoms with Gasteiger partial charge in [0.05, 0.1) is 18.7 Å². The Balaban J connectivity index is 1.47. The largest absolute Gasteiger partial charge is 0.497 e. The first-order valence-electron chi connectivity index (χ1n) is 13.7. The van der Waals surface area contributed by atoms with Gasteiger partial charge in [0, 0.05) is 19.7 Å². The molecular formula is C31H35N5O4. The van der Waals surface area contributed by atoms with E-state index in [0.717, 1.165) is 29.5 Å². The highest BCUT2D eigenvalue weighted by molar-refractivity contribution is 5.89. The number of aryl methyl sites for hydroxylation is 1. The summed E-state index contributed by atoms with van der Waals surface area (Å²) in [6, 6.07) is 22.2. The quantitative estimate of drug-likeness (QED) is 0.310. The minimum Gasteiger partial charge on any atom is -0.497 e. The van der Waals surface area contributed by atoms with Crippen molar-refractivity contribution in [2.24, 2.45) is 0 Å². The fraction of sp³-hybridized carbons (Fsp3) is 0.355. The Morgan fingerprint density at radius 2 is 1.95 bits per heavy atom. The van der Waals surface area contributed by atoms with Crippen molar-refractivity contribution in [3.8, 4) is 5.75 Å². The lowest BCUT2D eigenvalue weighted by Crippen LogP contribution is -2.47. The predicted octanol–water partition coefficient (Wildman–Crippen LogP) is 3.86. The van der Waals surface area contributed by atoms with Gasteiger partial charge in [-0.25, -0.2) is 4.68 Å². The van der Waals surface area contributed by atoms with E-state index >= 15 is 0 Å². The molecule has 5 rings (SSSR count). The summed E-state index contributed by atoms with van der Waals surface area (Å²) in [5.74, 6) is 0.201. The Labute approximate surface area is 234 Å². The van der Waals surface area contributed by atoms with Gasteiger partial charge >= 0.3 is 0 Å². The molecule has 2 atom stereocenters. The highest BCUT2D eigenvalue weighted by Gasteiger charge is 2.32. The molecule has 9 heteroatoms. The Morgan fingerprint density at radius 3 is 2.70 bits per heavy atom. The van der Waals surface area contributed by atoms with E-state index < -0.39 is 6.04 Å². The van der Waals surface area contributed by atoms with Crippen LogP contribution in [0.2, 0.25) is 0 Å². The molecule has 0 aliphatic carbocycles. The molecule has 0 radical (unpaired) electrons.